The number of rotatable bonds is 5. The number of nitrogens with zero attached hydrogens (tertiary/aromatic N) is 4. The van der Waals surface area contributed by atoms with Gasteiger partial charge in [-0.15, -0.1) is 0 Å². The van der Waals surface area contributed by atoms with Gasteiger partial charge in [-0.25, -0.2) is 18.4 Å². The highest BCUT2D eigenvalue weighted by molar-refractivity contribution is 7.89. The zero-order chi connectivity index (χ0) is 19.8. The van der Waals surface area contributed by atoms with E-state index >= 15 is 0 Å². The number of sulfonamides is 1. The Morgan fingerprint density at radius 3 is 2.44 bits per heavy atom. The van der Waals surface area contributed by atoms with Gasteiger partial charge in [0.15, 0.2) is 10.7 Å². The lowest BCUT2D eigenvalue weighted by atomic mass is 10.1. The van der Waals surface area contributed by atoms with Crippen LogP contribution >= 0.6 is 0 Å². The summed E-state index contributed by atoms with van der Waals surface area (Å²) in [5.74, 6) is 0.359. The van der Waals surface area contributed by atoms with E-state index in [2.05, 4.69) is 9.97 Å². The van der Waals surface area contributed by atoms with Gasteiger partial charge < -0.3 is 9.14 Å². The third-order valence-corrected chi connectivity index (χ3v) is 5.71. The average molecular weight is 400 g/mol. The van der Waals surface area contributed by atoms with E-state index in [1.54, 1.807) is 0 Å². The maximum absolute atomic E-state index is 13.7. The Hall–Kier alpha value is -2.66. The summed E-state index contributed by atoms with van der Waals surface area (Å²) in [5, 5.41) is -0.515. The monoisotopic (exact) mass is 400 g/mol. The molecule has 0 saturated heterocycles. The van der Waals surface area contributed by atoms with Crippen LogP contribution in [0, 0.1) is 0 Å². The molecule has 0 spiro atoms. The summed E-state index contributed by atoms with van der Waals surface area (Å²) in [5.41, 5.74) is 0.136. The van der Waals surface area contributed by atoms with Gasteiger partial charge in [0.05, 0.1) is 13.3 Å². The number of halogens is 3. The zero-order valence-corrected chi connectivity index (χ0v) is 15.1. The number of aromatic nitrogens is 3. The van der Waals surface area contributed by atoms with Crippen molar-refractivity contribution >= 4 is 15.7 Å². The molecule has 7 nitrogen and oxygen atoms in total. The molecule has 2 heterocycles. The molecular weight excluding hydrogens is 385 g/mol. The number of benzene rings is 1. The number of hydrogen-bond acceptors (Lipinski definition) is 5. The van der Waals surface area contributed by atoms with Crippen LogP contribution < -0.4 is 4.74 Å². The van der Waals surface area contributed by atoms with Gasteiger partial charge in [0.1, 0.15) is 11.8 Å². The van der Waals surface area contributed by atoms with Crippen molar-refractivity contribution in [3.8, 4) is 5.75 Å². The Kier molecular flexibility index (Phi) is 4.82. The van der Waals surface area contributed by atoms with E-state index in [9.17, 15) is 21.6 Å². The fourth-order valence-electron chi connectivity index (χ4n) is 2.62. The van der Waals surface area contributed by atoms with Crippen LogP contribution in [0.3, 0.4) is 0 Å². The summed E-state index contributed by atoms with van der Waals surface area (Å²) < 4.78 is 73.3. The SMILES string of the molecule is COc1ccc([C@@H](N(C)S(=O)(=O)c2cn3ccnc3cn2)C(F)(F)F)cc1. The van der Waals surface area contributed by atoms with Gasteiger partial charge >= 0.3 is 6.18 Å². The first-order chi connectivity index (χ1) is 12.6. The summed E-state index contributed by atoms with van der Waals surface area (Å²) in [4.78, 5) is 7.68. The van der Waals surface area contributed by atoms with E-state index in [-0.39, 0.29) is 9.87 Å². The molecule has 0 unspecified atom stereocenters. The molecule has 0 bridgehead atoms. The van der Waals surface area contributed by atoms with Crippen molar-refractivity contribution in [2.75, 3.05) is 14.2 Å². The topological polar surface area (TPSA) is 76.8 Å². The van der Waals surface area contributed by atoms with E-state index in [0.717, 1.165) is 13.2 Å². The van der Waals surface area contributed by atoms with E-state index in [1.807, 2.05) is 0 Å². The predicted molar refractivity (Wildman–Crippen MR) is 89.7 cm³/mol. The first kappa shape index (κ1) is 19.1. The number of fused-ring (bicyclic) bond motifs is 1. The van der Waals surface area contributed by atoms with E-state index in [0.29, 0.717) is 11.4 Å². The van der Waals surface area contributed by atoms with Crippen LogP contribution in [0.15, 0.2) is 54.1 Å². The Balaban J connectivity index is 2.05. The van der Waals surface area contributed by atoms with Crippen molar-refractivity contribution in [1.82, 2.24) is 18.7 Å². The van der Waals surface area contributed by atoms with Gasteiger partial charge in [0.25, 0.3) is 10.0 Å². The first-order valence-corrected chi connectivity index (χ1v) is 9.06. The van der Waals surface area contributed by atoms with Crippen molar-refractivity contribution in [3.05, 3.63) is 54.6 Å². The lowest BCUT2D eigenvalue weighted by Gasteiger charge is -2.29. The zero-order valence-electron chi connectivity index (χ0n) is 14.3. The van der Waals surface area contributed by atoms with Crippen LogP contribution in [0.4, 0.5) is 13.2 Å². The minimum absolute atomic E-state index is 0.238. The smallest absolute Gasteiger partial charge is 0.409 e. The molecule has 144 valence electrons. The van der Waals surface area contributed by atoms with Crippen molar-refractivity contribution in [2.24, 2.45) is 0 Å². The molecule has 2 aromatic heterocycles. The molecule has 3 rings (SSSR count). The van der Waals surface area contributed by atoms with Crippen LogP contribution in [0.2, 0.25) is 0 Å². The molecule has 0 fully saturated rings. The lowest BCUT2D eigenvalue weighted by Crippen LogP contribution is -2.40. The minimum atomic E-state index is -4.84. The Morgan fingerprint density at radius 1 is 1.19 bits per heavy atom. The number of methoxy groups -OCH3 is 1. The molecule has 0 radical (unpaired) electrons. The molecule has 0 saturated carbocycles. The normalized spacial score (nSPS) is 13.9. The molecule has 3 aromatic rings. The van der Waals surface area contributed by atoms with Crippen LogP contribution in [0.25, 0.3) is 5.65 Å². The Bertz CT molecular complexity index is 1050. The summed E-state index contributed by atoms with van der Waals surface area (Å²) in [7, 11) is -2.28. The molecule has 0 aliphatic heterocycles. The predicted octanol–water partition coefficient (Wildman–Crippen LogP) is 2.66. The van der Waals surface area contributed by atoms with Gasteiger partial charge in [-0.3, -0.25) is 0 Å². The van der Waals surface area contributed by atoms with Crippen molar-refractivity contribution in [2.45, 2.75) is 17.2 Å². The number of alkyl halides is 3. The molecule has 0 N–H and O–H groups in total. The van der Waals surface area contributed by atoms with Crippen LogP contribution in [0.5, 0.6) is 5.75 Å². The number of ether oxygens (including phenoxy) is 1. The number of hydrogen-bond donors (Lipinski definition) is 0. The lowest BCUT2D eigenvalue weighted by molar-refractivity contribution is -0.171. The second kappa shape index (κ2) is 6.82. The summed E-state index contributed by atoms with van der Waals surface area (Å²) >= 11 is 0. The Labute approximate surface area is 153 Å². The van der Waals surface area contributed by atoms with Gasteiger partial charge in [0.2, 0.25) is 0 Å². The molecular formula is C16H15F3N4O3S. The molecule has 0 amide bonds. The molecule has 0 aliphatic carbocycles. The first-order valence-electron chi connectivity index (χ1n) is 7.62. The maximum atomic E-state index is 13.7. The van der Waals surface area contributed by atoms with Crippen LogP contribution in [0.1, 0.15) is 11.6 Å². The molecule has 0 aliphatic rings. The third kappa shape index (κ3) is 3.60. The van der Waals surface area contributed by atoms with Crippen LogP contribution in [-0.4, -0.2) is 47.4 Å². The molecule has 11 heteroatoms. The second-order valence-electron chi connectivity index (χ2n) is 5.66. The highest BCUT2D eigenvalue weighted by Crippen LogP contribution is 2.39. The summed E-state index contributed by atoms with van der Waals surface area (Å²) in [6.45, 7) is 0. The van der Waals surface area contributed by atoms with Gasteiger partial charge in [0, 0.05) is 25.6 Å². The quantitative estimate of drug-likeness (QED) is 0.658. The second-order valence-corrected chi connectivity index (χ2v) is 7.60. The van der Waals surface area contributed by atoms with Gasteiger partial charge in [-0.1, -0.05) is 12.1 Å². The van der Waals surface area contributed by atoms with Crippen molar-refractivity contribution in [3.63, 3.8) is 0 Å². The van der Waals surface area contributed by atoms with E-state index in [4.69, 9.17) is 4.74 Å². The third-order valence-electron chi connectivity index (χ3n) is 4.00. The fraction of sp³-hybridized carbons (Fsp3) is 0.250. The minimum Gasteiger partial charge on any atom is -0.497 e. The Morgan fingerprint density at radius 2 is 1.85 bits per heavy atom. The van der Waals surface area contributed by atoms with E-state index < -0.39 is 27.3 Å². The van der Waals surface area contributed by atoms with Gasteiger partial charge in [-0.2, -0.15) is 17.5 Å². The van der Waals surface area contributed by atoms with Crippen LogP contribution in [-0.2, 0) is 10.0 Å². The molecule has 1 atom stereocenters. The largest absolute Gasteiger partial charge is 0.497 e. The number of imidazole rings is 1. The summed E-state index contributed by atoms with van der Waals surface area (Å²) in [6.07, 6.45) is 0.357. The maximum Gasteiger partial charge on any atom is 0.409 e. The standard InChI is InChI=1S/C16H15F3N4O3S/c1-22(15(16(17,18)19)11-3-5-12(26-2)6-4-11)27(24,25)14-10-23-8-7-20-13(23)9-21-14/h3-10,15H,1-2H3/t15-/m1/s1. The summed E-state index contributed by atoms with van der Waals surface area (Å²) in [6, 6.07) is 2.65. The van der Waals surface area contributed by atoms with Crippen molar-refractivity contribution < 1.29 is 26.3 Å². The molecule has 27 heavy (non-hydrogen) atoms. The van der Waals surface area contributed by atoms with E-state index in [1.165, 1.54) is 54.4 Å². The fourth-order valence-corrected chi connectivity index (χ4v) is 3.86. The average Bonchev–Trinajstić information content (AvgIpc) is 3.09. The highest BCUT2D eigenvalue weighted by Gasteiger charge is 2.48. The van der Waals surface area contributed by atoms with Gasteiger partial charge in [-0.05, 0) is 17.7 Å². The van der Waals surface area contributed by atoms with Crippen molar-refractivity contribution in [1.29, 1.82) is 0 Å². The highest BCUT2D eigenvalue weighted by atomic mass is 32.2. The molecule has 1 aromatic carbocycles.